The minimum absolute atomic E-state index is 0.379. The second-order valence-corrected chi connectivity index (χ2v) is 5.90. The van der Waals surface area contributed by atoms with Gasteiger partial charge in [0.25, 0.3) is 0 Å². The molecule has 1 aromatic heterocycles. The van der Waals surface area contributed by atoms with Crippen molar-refractivity contribution in [2.75, 3.05) is 0 Å². The molecule has 1 saturated carbocycles. The number of benzene rings is 1. The Morgan fingerprint density at radius 3 is 2.89 bits per heavy atom. The highest BCUT2D eigenvalue weighted by Crippen LogP contribution is 2.35. The van der Waals surface area contributed by atoms with Crippen LogP contribution in [-0.4, -0.2) is 20.2 Å². The molecular formula is C11H10Br2N4O. The van der Waals surface area contributed by atoms with Gasteiger partial charge < -0.3 is 4.74 Å². The van der Waals surface area contributed by atoms with E-state index in [4.69, 9.17) is 4.74 Å². The van der Waals surface area contributed by atoms with Crippen molar-refractivity contribution >= 4 is 31.9 Å². The van der Waals surface area contributed by atoms with Crippen LogP contribution in [0.3, 0.4) is 0 Å². The predicted octanol–water partition coefficient (Wildman–Crippen LogP) is 3.11. The summed E-state index contributed by atoms with van der Waals surface area (Å²) in [5.41, 5.74) is 0. The van der Waals surface area contributed by atoms with Crippen LogP contribution in [0.4, 0.5) is 0 Å². The molecule has 0 amide bonds. The van der Waals surface area contributed by atoms with Crippen LogP contribution in [-0.2, 0) is 6.61 Å². The average molecular weight is 374 g/mol. The lowest BCUT2D eigenvalue weighted by molar-refractivity contribution is 0.284. The quantitative estimate of drug-likeness (QED) is 0.826. The minimum Gasteiger partial charge on any atom is -0.484 e. The lowest BCUT2D eigenvalue weighted by atomic mass is 10.3. The molecule has 0 bridgehead atoms. The maximum atomic E-state index is 5.72. The Morgan fingerprint density at radius 2 is 2.17 bits per heavy atom. The number of halogens is 2. The highest BCUT2D eigenvalue weighted by molar-refractivity contribution is 9.11. The fraction of sp³-hybridized carbons (Fsp3) is 0.364. The molecule has 7 heteroatoms. The van der Waals surface area contributed by atoms with Crippen LogP contribution < -0.4 is 4.74 Å². The van der Waals surface area contributed by atoms with Crippen molar-refractivity contribution < 1.29 is 4.74 Å². The van der Waals surface area contributed by atoms with Gasteiger partial charge in [-0.2, -0.15) is 0 Å². The number of nitrogens with zero attached hydrogens (tertiary/aromatic N) is 4. The van der Waals surface area contributed by atoms with Crippen molar-refractivity contribution in [1.82, 2.24) is 20.2 Å². The Morgan fingerprint density at radius 1 is 1.33 bits per heavy atom. The zero-order valence-electron chi connectivity index (χ0n) is 9.38. The molecule has 0 N–H and O–H groups in total. The van der Waals surface area contributed by atoms with Gasteiger partial charge in [0.15, 0.2) is 5.82 Å². The summed E-state index contributed by atoms with van der Waals surface area (Å²) in [7, 11) is 0. The summed E-state index contributed by atoms with van der Waals surface area (Å²) in [5.74, 6) is 1.55. The second-order valence-electron chi connectivity index (χ2n) is 4.13. The third kappa shape index (κ3) is 2.56. The summed E-state index contributed by atoms with van der Waals surface area (Å²) in [6.07, 6.45) is 2.31. The molecule has 0 atom stereocenters. The SMILES string of the molecule is Brc1ccc(OCc2nnnn2C2CC2)c(Br)c1. The summed E-state index contributed by atoms with van der Waals surface area (Å²) >= 11 is 6.86. The monoisotopic (exact) mass is 372 g/mol. The van der Waals surface area contributed by atoms with Crippen LogP contribution in [0.2, 0.25) is 0 Å². The van der Waals surface area contributed by atoms with Crippen molar-refractivity contribution in [2.45, 2.75) is 25.5 Å². The molecule has 2 aromatic rings. The summed E-state index contributed by atoms with van der Waals surface area (Å²) in [5, 5.41) is 11.7. The Labute approximate surface area is 121 Å². The number of ether oxygens (including phenoxy) is 1. The topological polar surface area (TPSA) is 52.8 Å². The maximum Gasteiger partial charge on any atom is 0.189 e. The maximum absolute atomic E-state index is 5.72. The first kappa shape index (κ1) is 12.1. The first-order chi connectivity index (χ1) is 8.74. The van der Waals surface area contributed by atoms with Crippen molar-refractivity contribution in [2.24, 2.45) is 0 Å². The van der Waals surface area contributed by atoms with E-state index in [-0.39, 0.29) is 0 Å². The van der Waals surface area contributed by atoms with Gasteiger partial charge in [0, 0.05) is 4.47 Å². The Bertz CT molecular complexity index is 568. The zero-order chi connectivity index (χ0) is 12.5. The molecule has 1 aliphatic rings. The molecule has 94 valence electrons. The van der Waals surface area contributed by atoms with E-state index in [0.717, 1.165) is 33.4 Å². The fourth-order valence-electron chi connectivity index (χ4n) is 1.64. The third-order valence-electron chi connectivity index (χ3n) is 2.70. The van der Waals surface area contributed by atoms with E-state index >= 15 is 0 Å². The van der Waals surface area contributed by atoms with Crippen molar-refractivity contribution in [1.29, 1.82) is 0 Å². The van der Waals surface area contributed by atoms with E-state index in [2.05, 4.69) is 47.4 Å². The first-order valence-electron chi connectivity index (χ1n) is 5.58. The van der Waals surface area contributed by atoms with Crippen molar-refractivity contribution in [3.05, 3.63) is 33.0 Å². The van der Waals surface area contributed by atoms with Gasteiger partial charge in [0.1, 0.15) is 12.4 Å². The Kier molecular flexibility index (Phi) is 3.34. The molecule has 1 aromatic carbocycles. The summed E-state index contributed by atoms with van der Waals surface area (Å²) in [6, 6.07) is 6.25. The van der Waals surface area contributed by atoms with Gasteiger partial charge in [-0.1, -0.05) is 15.9 Å². The molecule has 1 aliphatic carbocycles. The number of tetrazole rings is 1. The molecule has 1 heterocycles. The fourth-order valence-corrected chi connectivity index (χ4v) is 2.81. The molecule has 0 unspecified atom stereocenters. The standard InChI is InChI=1S/C11H10Br2N4O/c12-7-1-4-10(9(13)5-7)18-6-11-14-15-16-17(11)8-2-3-8/h1,4-5,8H,2-3,6H2. The van der Waals surface area contributed by atoms with Gasteiger partial charge in [-0.3, -0.25) is 0 Å². The summed E-state index contributed by atoms with van der Waals surface area (Å²) in [4.78, 5) is 0. The lowest BCUT2D eigenvalue weighted by Gasteiger charge is -2.08. The van der Waals surface area contributed by atoms with Crippen LogP contribution in [0.1, 0.15) is 24.7 Å². The van der Waals surface area contributed by atoms with E-state index in [0.29, 0.717) is 12.6 Å². The number of hydrogen-bond acceptors (Lipinski definition) is 4. The van der Waals surface area contributed by atoms with E-state index in [1.807, 2.05) is 22.9 Å². The van der Waals surface area contributed by atoms with Crippen molar-refractivity contribution in [3.8, 4) is 5.75 Å². The molecule has 5 nitrogen and oxygen atoms in total. The highest BCUT2D eigenvalue weighted by Gasteiger charge is 2.27. The number of aromatic nitrogens is 4. The highest BCUT2D eigenvalue weighted by atomic mass is 79.9. The lowest BCUT2D eigenvalue weighted by Crippen LogP contribution is -2.07. The first-order valence-corrected chi connectivity index (χ1v) is 7.17. The van der Waals surface area contributed by atoms with Crippen LogP contribution in [0.5, 0.6) is 5.75 Å². The summed E-state index contributed by atoms with van der Waals surface area (Å²) in [6.45, 7) is 0.379. The van der Waals surface area contributed by atoms with E-state index < -0.39 is 0 Å². The average Bonchev–Trinajstić information content (AvgIpc) is 3.08. The molecule has 0 saturated heterocycles. The minimum atomic E-state index is 0.379. The summed E-state index contributed by atoms with van der Waals surface area (Å²) < 4.78 is 9.49. The van der Waals surface area contributed by atoms with Gasteiger partial charge in [0.2, 0.25) is 0 Å². The van der Waals surface area contributed by atoms with Crippen LogP contribution in [0.25, 0.3) is 0 Å². The number of rotatable bonds is 4. The van der Waals surface area contributed by atoms with Gasteiger partial charge in [-0.15, -0.1) is 5.10 Å². The van der Waals surface area contributed by atoms with Crippen LogP contribution >= 0.6 is 31.9 Å². The smallest absolute Gasteiger partial charge is 0.189 e. The van der Waals surface area contributed by atoms with Crippen molar-refractivity contribution in [3.63, 3.8) is 0 Å². The van der Waals surface area contributed by atoms with Crippen LogP contribution in [0, 0.1) is 0 Å². The molecule has 0 radical (unpaired) electrons. The Hall–Kier alpha value is -0.950. The van der Waals surface area contributed by atoms with E-state index in [9.17, 15) is 0 Å². The second kappa shape index (κ2) is 4.97. The van der Waals surface area contributed by atoms with Crippen LogP contribution in [0.15, 0.2) is 27.1 Å². The predicted molar refractivity (Wildman–Crippen MR) is 72.3 cm³/mol. The molecule has 0 spiro atoms. The van der Waals surface area contributed by atoms with Gasteiger partial charge >= 0.3 is 0 Å². The van der Waals surface area contributed by atoms with Gasteiger partial charge in [-0.05, 0) is 57.4 Å². The van der Waals surface area contributed by atoms with Gasteiger partial charge in [0.05, 0.1) is 10.5 Å². The normalized spacial score (nSPS) is 14.8. The molecule has 18 heavy (non-hydrogen) atoms. The molecule has 3 rings (SSSR count). The number of hydrogen-bond donors (Lipinski definition) is 0. The Balaban J connectivity index is 1.71. The largest absolute Gasteiger partial charge is 0.484 e. The van der Waals surface area contributed by atoms with E-state index in [1.54, 1.807) is 0 Å². The molecule has 0 aliphatic heterocycles. The van der Waals surface area contributed by atoms with E-state index in [1.165, 1.54) is 0 Å². The zero-order valence-corrected chi connectivity index (χ0v) is 12.6. The molecular weight excluding hydrogens is 364 g/mol. The molecule has 1 fully saturated rings. The van der Waals surface area contributed by atoms with Gasteiger partial charge in [-0.25, -0.2) is 4.68 Å². The third-order valence-corrected chi connectivity index (χ3v) is 3.82.